The van der Waals surface area contributed by atoms with Crippen LogP contribution >= 0.6 is 15.9 Å². The summed E-state index contributed by atoms with van der Waals surface area (Å²) in [6.07, 6.45) is 0.166. The molecule has 1 aromatic rings. The number of hydrogen-bond donors (Lipinski definition) is 0. The first-order chi connectivity index (χ1) is 8.85. The largest absolute Gasteiger partial charge is 0.370 e. The maximum absolute atomic E-state index is 12.3. The molecular weight excluding hydrogens is 306 g/mol. The fourth-order valence-corrected chi connectivity index (χ4v) is 3.06. The third-order valence-corrected chi connectivity index (χ3v) is 3.65. The zero-order chi connectivity index (χ0) is 14.0. The molecule has 4 heteroatoms. The summed E-state index contributed by atoms with van der Waals surface area (Å²) >= 11 is 3.40. The molecule has 1 saturated heterocycles. The Hall–Kier alpha value is -0.710. The number of carbonyl (C=O) groups excluding carboxylic acids is 1. The van der Waals surface area contributed by atoms with Crippen molar-refractivity contribution in [3.63, 3.8) is 0 Å². The maximum Gasteiger partial charge on any atom is 0.176 e. The second-order valence-electron chi connectivity index (χ2n) is 5.79. The van der Waals surface area contributed by atoms with E-state index in [1.54, 1.807) is 0 Å². The van der Waals surface area contributed by atoms with Crippen LogP contribution in [-0.4, -0.2) is 42.0 Å². The standard InChI is InChI=1S/C15H20BrNO2/c1-11-8-17(10-15(2,3)19-11)9-14(18)12-5-4-6-13(16)7-12/h4-7,11H,8-10H2,1-3H3. The van der Waals surface area contributed by atoms with Gasteiger partial charge in [-0.1, -0.05) is 28.1 Å². The van der Waals surface area contributed by atoms with E-state index in [0.717, 1.165) is 23.1 Å². The van der Waals surface area contributed by atoms with E-state index < -0.39 is 0 Å². The van der Waals surface area contributed by atoms with Gasteiger partial charge in [-0.05, 0) is 32.9 Å². The van der Waals surface area contributed by atoms with Gasteiger partial charge in [0.2, 0.25) is 0 Å². The van der Waals surface area contributed by atoms with E-state index in [-0.39, 0.29) is 17.5 Å². The Labute approximate surface area is 123 Å². The monoisotopic (exact) mass is 325 g/mol. The van der Waals surface area contributed by atoms with Gasteiger partial charge in [0.05, 0.1) is 18.2 Å². The summed E-state index contributed by atoms with van der Waals surface area (Å²) in [5, 5.41) is 0. The molecule has 0 aromatic heterocycles. The molecule has 0 amide bonds. The van der Waals surface area contributed by atoms with E-state index in [0.29, 0.717) is 6.54 Å². The minimum Gasteiger partial charge on any atom is -0.370 e. The van der Waals surface area contributed by atoms with Crippen molar-refractivity contribution in [1.29, 1.82) is 0 Å². The van der Waals surface area contributed by atoms with Crippen molar-refractivity contribution in [3.8, 4) is 0 Å². The Morgan fingerprint density at radius 1 is 1.53 bits per heavy atom. The number of nitrogens with zero attached hydrogens (tertiary/aromatic N) is 1. The summed E-state index contributed by atoms with van der Waals surface area (Å²) < 4.78 is 6.79. The average Bonchev–Trinajstić information content (AvgIpc) is 2.25. The van der Waals surface area contributed by atoms with Crippen molar-refractivity contribution < 1.29 is 9.53 Å². The highest BCUT2D eigenvalue weighted by atomic mass is 79.9. The molecular formula is C15H20BrNO2. The number of halogens is 1. The number of benzene rings is 1. The van der Waals surface area contributed by atoms with E-state index in [2.05, 4.69) is 41.6 Å². The SMILES string of the molecule is CC1CN(CC(=O)c2cccc(Br)c2)CC(C)(C)O1. The van der Waals surface area contributed by atoms with Crippen LogP contribution in [0.1, 0.15) is 31.1 Å². The molecule has 1 aromatic carbocycles. The van der Waals surface area contributed by atoms with Crippen LogP contribution in [0.2, 0.25) is 0 Å². The first-order valence-electron chi connectivity index (χ1n) is 6.55. The zero-order valence-electron chi connectivity index (χ0n) is 11.6. The summed E-state index contributed by atoms with van der Waals surface area (Å²) in [5.41, 5.74) is 0.571. The fraction of sp³-hybridized carbons (Fsp3) is 0.533. The number of rotatable bonds is 3. The van der Waals surface area contributed by atoms with Gasteiger partial charge in [-0.2, -0.15) is 0 Å². The molecule has 19 heavy (non-hydrogen) atoms. The van der Waals surface area contributed by atoms with E-state index in [1.807, 2.05) is 24.3 Å². The van der Waals surface area contributed by atoms with Gasteiger partial charge in [-0.3, -0.25) is 9.69 Å². The van der Waals surface area contributed by atoms with Crippen molar-refractivity contribution in [2.24, 2.45) is 0 Å². The van der Waals surface area contributed by atoms with Crippen LogP contribution in [0, 0.1) is 0 Å². The Morgan fingerprint density at radius 3 is 2.89 bits per heavy atom. The van der Waals surface area contributed by atoms with Crippen LogP contribution in [0.25, 0.3) is 0 Å². The number of ketones is 1. The van der Waals surface area contributed by atoms with Crippen LogP contribution < -0.4 is 0 Å². The molecule has 1 unspecified atom stereocenters. The summed E-state index contributed by atoms with van der Waals surface area (Å²) in [6.45, 7) is 8.24. The first-order valence-corrected chi connectivity index (χ1v) is 7.34. The molecule has 1 aliphatic heterocycles. The second kappa shape index (κ2) is 5.73. The molecule has 0 aliphatic carbocycles. The molecule has 1 atom stereocenters. The lowest BCUT2D eigenvalue weighted by Crippen LogP contribution is -2.53. The van der Waals surface area contributed by atoms with Crippen molar-refractivity contribution in [2.45, 2.75) is 32.5 Å². The minimum atomic E-state index is -0.185. The first kappa shape index (κ1) is 14.7. The van der Waals surface area contributed by atoms with Crippen molar-refractivity contribution >= 4 is 21.7 Å². The number of morpholine rings is 1. The molecule has 104 valence electrons. The Kier molecular flexibility index (Phi) is 4.43. The number of ether oxygens (including phenoxy) is 1. The molecule has 0 saturated carbocycles. The van der Waals surface area contributed by atoms with E-state index >= 15 is 0 Å². The molecule has 1 heterocycles. The lowest BCUT2D eigenvalue weighted by molar-refractivity contribution is -0.126. The Balaban J connectivity index is 2.03. The highest BCUT2D eigenvalue weighted by molar-refractivity contribution is 9.10. The maximum atomic E-state index is 12.3. The van der Waals surface area contributed by atoms with Gasteiger partial charge in [0, 0.05) is 23.1 Å². The van der Waals surface area contributed by atoms with Gasteiger partial charge in [0.1, 0.15) is 0 Å². The molecule has 0 bridgehead atoms. The third kappa shape index (κ3) is 4.13. The number of carbonyl (C=O) groups is 1. The number of hydrogen-bond acceptors (Lipinski definition) is 3. The Morgan fingerprint density at radius 2 is 2.26 bits per heavy atom. The summed E-state index contributed by atoms with van der Waals surface area (Å²) in [5.74, 6) is 0.159. The predicted molar refractivity (Wildman–Crippen MR) is 79.5 cm³/mol. The van der Waals surface area contributed by atoms with E-state index in [4.69, 9.17) is 4.74 Å². The van der Waals surface area contributed by atoms with Gasteiger partial charge >= 0.3 is 0 Å². The third-order valence-electron chi connectivity index (χ3n) is 3.15. The zero-order valence-corrected chi connectivity index (χ0v) is 13.2. The van der Waals surface area contributed by atoms with Gasteiger partial charge < -0.3 is 4.74 Å². The summed E-state index contributed by atoms with van der Waals surface area (Å²) in [7, 11) is 0. The van der Waals surface area contributed by atoms with Crippen LogP contribution in [0.5, 0.6) is 0 Å². The lowest BCUT2D eigenvalue weighted by atomic mass is 10.0. The van der Waals surface area contributed by atoms with E-state index in [9.17, 15) is 4.79 Å². The second-order valence-corrected chi connectivity index (χ2v) is 6.71. The fourth-order valence-electron chi connectivity index (χ4n) is 2.66. The van der Waals surface area contributed by atoms with Crippen molar-refractivity contribution in [1.82, 2.24) is 4.90 Å². The van der Waals surface area contributed by atoms with Gasteiger partial charge in [-0.25, -0.2) is 0 Å². The highest BCUT2D eigenvalue weighted by Gasteiger charge is 2.32. The van der Waals surface area contributed by atoms with Crippen molar-refractivity contribution in [2.75, 3.05) is 19.6 Å². The quantitative estimate of drug-likeness (QED) is 0.799. The summed E-state index contributed by atoms with van der Waals surface area (Å²) in [6, 6.07) is 7.55. The van der Waals surface area contributed by atoms with Gasteiger partial charge in [0.25, 0.3) is 0 Å². The van der Waals surface area contributed by atoms with Crippen molar-refractivity contribution in [3.05, 3.63) is 34.3 Å². The summed E-state index contributed by atoms with van der Waals surface area (Å²) in [4.78, 5) is 14.5. The predicted octanol–water partition coefficient (Wildman–Crippen LogP) is 3.13. The Bertz CT molecular complexity index is 473. The molecule has 0 spiro atoms. The molecule has 1 fully saturated rings. The average molecular weight is 326 g/mol. The normalized spacial score (nSPS) is 23.3. The molecule has 2 rings (SSSR count). The van der Waals surface area contributed by atoms with E-state index in [1.165, 1.54) is 0 Å². The van der Waals surface area contributed by atoms with Crippen LogP contribution in [-0.2, 0) is 4.74 Å². The van der Waals surface area contributed by atoms with Crippen LogP contribution in [0.3, 0.4) is 0 Å². The topological polar surface area (TPSA) is 29.5 Å². The molecule has 3 nitrogen and oxygen atoms in total. The molecule has 1 aliphatic rings. The lowest BCUT2D eigenvalue weighted by Gasteiger charge is -2.41. The number of Topliss-reactive ketones (excluding diaryl/α,β-unsaturated/α-hetero) is 1. The highest BCUT2D eigenvalue weighted by Crippen LogP contribution is 2.21. The van der Waals surface area contributed by atoms with Gasteiger partial charge in [-0.15, -0.1) is 0 Å². The van der Waals surface area contributed by atoms with Crippen LogP contribution in [0.4, 0.5) is 0 Å². The van der Waals surface area contributed by atoms with Crippen LogP contribution in [0.15, 0.2) is 28.7 Å². The van der Waals surface area contributed by atoms with Gasteiger partial charge in [0.15, 0.2) is 5.78 Å². The molecule has 0 radical (unpaired) electrons. The smallest absolute Gasteiger partial charge is 0.176 e. The molecule has 0 N–H and O–H groups in total. The minimum absolute atomic E-state index is 0.159.